The first-order valence-corrected chi connectivity index (χ1v) is 17.4. The Labute approximate surface area is 183 Å². The number of hydrogen-bond donors (Lipinski definition) is 1. The molecule has 0 aromatic heterocycles. The quantitative estimate of drug-likeness (QED) is 0.221. The lowest BCUT2D eigenvalue weighted by molar-refractivity contribution is 0.00248. The first-order valence-electron chi connectivity index (χ1n) is 12.3. The molecule has 1 N–H and O–H groups in total. The van der Waals surface area contributed by atoms with Crippen LogP contribution in [0.5, 0.6) is 0 Å². The van der Waals surface area contributed by atoms with Crippen LogP contribution >= 0.6 is 0 Å². The Morgan fingerprint density at radius 2 is 1.38 bits per heavy atom. The van der Waals surface area contributed by atoms with Gasteiger partial charge in [0.15, 0.2) is 16.6 Å². The summed E-state index contributed by atoms with van der Waals surface area (Å²) in [7, 11) is -3.39. The Morgan fingerprint density at radius 1 is 0.897 bits per heavy atom. The lowest BCUT2D eigenvalue weighted by Crippen LogP contribution is -2.48. The minimum Gasteiger partial charge on any atom is -0.414 e. The Morgan fingerprint density at radius 3 is 1.76 bits per heavy atom. The highest BCUT2D eigenvalue weighted by atomic mass is 28.4. The van der Waals surface area contributed by atoms with E-state index < -0.39 is 22.2 Å². The lowest BCUT2D eigenvalue weighted by atomic mass is 9.92. The highest BCUT2D eigenvalue weighted by molar-refractivity contribution is 6.74. The predicted molar refractivity (Wildman–Crippen MR) is 129 cm³/mol. The van der Waals surface area contributed by atoms with Crippen LogP contribution in [0.3, 0.4) is 0 Å². The van der Waals surface area contributed by atoms with Crippen LogP contribution in [-0.4, -0.2) is 52.3 Å². The van der Waals surface area contributed by atoms with E-state index >= 15 is 0 Å². The standard InChI is InChI=1S/C23H50O4Si2/c1-10-20(26-28(11-2,12-3)13-4)19(8)22-21(25-22)17-23(9,18-24)27-29(14-5,15-6)16-7/h19-22,24H,10-18H2,1-9H3/t19-,20+,21-,22-,23-/m1/s1. The summed E-state index contributed by atoms with van der Waals surface area (Å²) >= 11 is 0. The monoisotopic (exact) mass is 446 g/mol. The lowest BCUT2D eigenvalue weighted by Gasteiger charge is -2.39. The maximum absolute atomic E-state index is 10.2. The Balaban J connectivity index is 2.78. The molecule has 1 aliphatic rings. The van der Waals surface area contributed by atoms with Crippen LogP contribution in [-0.2, 0) is 13.6 Å². The summed E-state index contributed by atoms with van der Waals surface area (Å²) in [6, 6.07) is 6.87. The van der Waals surface area contributed by atoms with Crippen LogP contribution in [0.15, 0.2) is 0 Å². The molecule has 0 aliphatic carbocycles. The van der Waals surface area contributed by atoms with Gasteiger partial charge < -0.3 is 18.7 Å². The molecule has 1 heterocycles. The predicted octanol–water partition coefficient (Wildman–Crippen LogP) is 6.35. The summed E-state index contributed by atoms with van der Waals surface area (Å²) in [6.45, 7) is 20.3. The van der Waals surface area contributed by atoms with E-state index in [2.05, 4.69) is 62.3 Å². The van der Waals surface area contributed by atoms with Crippen molar-refractivity contribution in [3.63, 3.8) is 0 Å². The molecule has 5 atom stereocenters. The fraction of sp³-hybridized carbons (Fsp3) is 1.00. The van der Waals surface area contributed by atoms with Crippen molar-refractivity contribution in [2.75, 3.05) is 6.61 Å². The SMILES string of the molecule is CC[C@H](O[Si](CC)(CC)CC)[C@@H](C)[C@H]1O[C@@H]1C[C@](C)(CO)O[Si](CC)(CC)CC. The normalized spacial score (nSPS) is 24.2. The van der Waals surface area contributed by atoms with E-state index in [4.69, 9.17) is 13.6 Å². The largest absolute Gasteiger partial charge is 0.414 e. The average Bonchev–Trinajstić information content (AvgIpc) is 3.52. The summed E-state index contributed by atoms with van der Waals surface area (Å²) in [5, 5.41) is 10.2. The number of hydrogen-bond acceptors (Lipinski definition) is 4. The molecule has 0 unspecified atom stereocenters. The molecule has 1 rings (SSSR count). The molecule has 1 fully saturated rings. The van der Waals surface area contributed by atoms with Gasteiger partial charge in [0, 0.05) is 18.4 Å². The number of rotatable bonds is 16. The number of ether oxygens (including phenoxy) is 1. The van der Waals surface area contributed by atoms with Gasteiger partial charge in [-0.1, -0.05) is 55.4 Å². The molecule has 0 spiro atoms. The Bertz CT molecular complexity index is 451. The highest BCUT2D eigenvalue weighted by Gasteiger charge is 2.51. The first kappa shape index (κ1) is 27.3. The zero-order valence-electron chi connectivity index (χ0n) is 20.8. The molecule has 174 valence electrons. The van der Waals surface area contributed by atoms with Crippen LogP contribution in [0.2, 0.25) is 36.3 Å². The molecule has 0 aromatic rings. The minimum absolute atomic E-state index is 0.0634. The molecule has 0 amide bonds. The second-order valence-corrected chi connectivity index (χ2v) is 18.9. The molecule has 0 radical (unpaired) electrons. The van der Waals surface area contributed by atoms with Gasteiger partial charge in [-0.25, -0.2) is 0 Å². The van der Waals surface area contributed by atoms with Crippen LogP contribution in [0.1, 0.15) is 75.2 Å². The van der Waals surface area contributed by atoms with E-state index in [9.17, 15) is 5.11 Å². The van der Waals surface area contributed by atoms with Gasteiger partial charge in [-0.15, -0.1) is 0 Å². The second-order valence-electron chi connectivity index (χ2n) is 9.46. The van der Waals surface area contributed by atoms with E-state index in [0.29, 0.717) is 5.92 Å². The molecular weight excluding hydrogens is 396 g/mol. The Hall–Kier alpha value is 0.274. The Kier molecular flexibility index (Phi) is 11.1. The van der Waals surface area contributed by atoms with Gasteiger partial charge in [-0.05, 0) is 49.6 Å². The van der Waals surface area contributed by atoms with Crippen molar-refractivity contribution in [2.24, 2.45) is 5.92 Å². The molecule has 29 heavy (non-hydrogen) atoms. The van der Waals surface area contributed by atoms with Gasteiger partial charge in [0.2, 0.25) is 0 Å². The molecular formula is C23H50O4Si2. The smallest absolute Gasteiger partial charge is 0.192 e. The van der Waals surface area contributed by atoms with Crippen LogP contribution in [0.25, 0.3) is 0 Å². The van der Waals surface area contributed by atoms with E-state index in [1.165, 1.54) is 18.1 Å². The first-order chi connectivity index (χ1) is 13.7. The van der Waals surface area contributed by atoms with Crippen molar-refractivity contribution in [1.29, 1.82) is 0 Å². The van der Waals surface area contributed by atoms with Gasteiger partial charge in [0.25, 0.3) is 0 Å². The molecule has 0 saturated carbocycles. The van der Waals surface area contributed by atoms with E-state index in [0.717, 1.165) is 31.0 Å². The fourth-order valence-electron chi connectivity index (χ4n) is 4.93. The highest BCUT2D eigenvalue weighted by Crippen LogP contribution is 2.41. The van der Waals surface area contributed by atoms with Gasteiger partial charge in [0.1, 0.15) is 0 Å². The zero-order valence-corrected chi connectivity index (χ0v) is 22.8. The molecule has 6 heteroatoms. The summed E-state index contributed by atoms with van der Waals surface area (Å²) in [5.74, 6) is 0.384. The molecule has 1 aliphatic heterocycles. The van der Waals surface area contributed by atoms with Gasteiger partial charge in [-0.2, -0.15) is 0 Å². The van der Waals surface area contributed by atoms with Crippen LogP contribution < -0.4 is 0 Å². The molecule has 4 nitrogen and oxygen atoms in total. The maximum atomic E-state index is 10.2. The van der Waals surface area contributed by atoms with Crippen molar-refractivity contribution in [3.05, 3.63) is 0 Å². The number of aliphatic hydroxyl groups is 1. The summed E-state index contributed by atoms with van der Waals surface area (Å²) in [6.07, 6.45) is 2.49. The summed E-state index contributed by atoms with van der Waals surface area (Å²) in [5.41, 5.74) is -0.495. The number of aliphatic hydroxyl groups excluding tert-OH is 1. The fourth-order valence-corrected chi connectivity index (χ4v) is 11.1. The van der Waals surface area contributed by atoms with Crippen molar-refractivity contribution < 1.29 is 18.7 Å². The molecule has 1 saturated heterocycles. The molecule has 0 bridgehead atoms. The average molecular weight is 447 g/mol. The van der Waals surface area contributed by atoms with E-state index in [1.807, 2.05) is 0 Å². The third kappa shape index (κ3) is 6.88. The van der Waals surface area contributed by atoms with Crippen LogP contribution in [0.4, 0.5) is 0 Å². The summed E-state index contributed by atoms with van der Waals surface area (Å²) < 4.78 is 19.7. The third-order valence-corrected chi connectivity index (χ3v) is 17.3. The number of epoxide rings is 1. The van der Waals surface area contributed by atoms with Gasteiger partial charge in [-0.3, -0.25) is 0 Å². The second kappa shape index (κ2) is 11.8. The van der Waals surface area contributed by atoms with Gasteiger partial charge >= 0.3 is 0 Å². The molecule has 0 aromatic carbocycles. The third-order valence-electron chi connectivity index (χ3n) is 7.83. The van der Waals surface area contributed by atoms with Crippen molar-refractivity contribution >= 4 is 16.6 Å². The summed E-state index contributed by atoms with van der Waals surface area (Å²) in [4.78, 5) is 0. The maximum Gasteiger partial charge on any atom is 0.192 e. The van der Waals surface area contributed by atoms with Crippen molar-refractivity contribution in [1.82, 2.24) is 0 Å². The van der Waals surface area contributed by atoms with Crippen molar-refractivity contribution in [2.45, 2.75) is 135 Å². The van der Waals surface area contributed by atoms with E-state index in [-0.39, 0.29) is 24.9 Å². The van der Waals surface area contributed by atoms with Crippen molar-refractivity contribution in [3.8, 4) is 0 Å². The van der Waals surface area contributed by atoms with Crippen LogP contribution in [0, 0.1) is 5.92 Å². The topological polar surface area (TPSA) is 51.2 Å². The van der Waals surface area contributed by atoms with E-state index in [1.54, 1.807) is 0 Å². The zero-order chi connectivity index (χ0) is 22.3. The minimum atomic E-state index is -1.77. The van der Waals surface area contributed by atoms with Gasteiger partial charge in [0.05, 0.1) is 24.4 Å².